The Morgan fingerprint density at radius 1 is 1.16 bits per heavy atom. The van der Waals surface area contributed by atoms with Gasteiger partial charge in [0.25, 0.3) is 0 Å². The molecule has 0 unspecified atom stereocenters. The summed E-state index contributed by atoms with van der Waals surface area (Å²) in [6, 6.07) is 8.93. The molecule has 3 nitrogen and oxygen atoms in total. The Morgan fingerprint density at radius 3 is 2.68 bits per heavy atom. The Labute approximate surface area is 116 Å². The number of hydrogen-bond acceptors (Lipinski definition) is 3. The van der Waals surface area contributed by atoms with Crippen molar-refractivity contribution in [2.24, 2.45) is 5.92 Å². The number of rotatable bonds is 5. The van der Waals surface area contributed by atoms with Gasteiger partial charge < -0.3 is 15.0 Å². The van der Waals surface area contributed by atoms with E-state index in [0.717, 1.165) is 45.8 Å². The standard InChI is InChI=1S/C16H26N2O/c1-14(2)12-17-13-15-4-6-16(7-5-15)18-8-3-10-19-11-9-18/h4-7,14,17H,3,8-13H2,1-2H3. The summed E-state index contributed by atoms with van der Waals surface area (Å²) in [5, 5.41) is 3.48. The van der Waals surface area contributed by atoms with Gasteiger partial charge in [0.2, 0.25) is 0 Å². The summed E-state index contributed by atoms with van der Waals surface area (Å²) in [4.78, 5) is 2.42. The lowest BCUT2D eigenvalue weighted by atomic mass is 10.1. The summed E-state index contributed by atoms with van der Waals surface area (Å²) >= 11 is 0. The van der Waals surface area contributed by atoms with Crippen LogP contribution in [0, 0.1) is 5.92 Å². The molecule has 3 heteroatoms. The first-order valence-corrected chi connectivity index (χ1v) is 7.38. The Morgan fingerprint density at radius 2 is 1.95 bits per heavy atom. The summed E-state index contributed by atoms with van der Waals surface area (Å²) in [6.07, 6.45) is 1.12. The summed E-state index contributed by atoms with van der Waals surface area (Å²) in [5.41, 5.74) is 2.67. The first-order chi connectivity index (χ1) is 9.25. The van der Waals surface area contributed by atoms with Crippen LogP contribution in [0.25, 0.3) is 0 Å². The van der Waals surface area contributed by atoms with Crippen molar-refractivity contribution in [2.45, 2.75) is 26.8 Å². The minimum atomic E-state index is 0.705. The second-order valence-electron chi connectivity index (χ2n) is 5.64. The van der Waals surface area contributed by atoms with E-state index in [9.17, 15) is 0 Å². The third-order valence-electron chi connectivity index (χ3n) is 3.41. The zero-order valence-corrected chi connectivity index (χ0v) is 12.2. The van der Waals surface area contributed by atoms with E-state index in [4.69, 9.17) is 4.74 Å². The molecule has 1 fully saturated rings. The molecule has 0 aromatic heterocycles. The average molecular weight is 262 g/mol. The van der Waals surface area contributed by atoms with Crippen LogP contribution in [0.1, 0.15) is 25.8 Å². The van der Waals surface area contributed by atoms with Crippen molar-refractivity contribution in [2.75, 3.05) is 37.7 Å². The van der Waals surface area contributed by atoms with Gasteiger partial charge in [0, 0.05) is 31.9 Å². The number of ether oxygens (including phenoxy) is 1. The van der Waals surface area contributed by atoms with E-state index in [1.807, 2.05) is 0 Å². The molecule has 0 aliphatic carbocycles. The predicted molar refractivity (Wildman–Crippen MR) is 80.6 cm³/mol. The quantitative estimate of drug-likeness (QED) is 0.883. The van der Waals surface area contributed by atoms with Gasteiger partial charge in [0.05, 0.1) is 6.61 Å². The van der Waals surface area contributed by atoms with E-state index in [0.29, 0.717) is 5.92 Å². The molecular formula is C16H26N2O. The largest absolute Gasteiger partial charge is 0.380 e. The normalized spacial score (nSPS) is 16.7. The second-order valence-corrected chi connectivity index (χ2v) is 5.64. The maximum absolute atomic E-state index is 5.49. The van der Waals surface area contributed by atoms with Crippen molar-refractivity contribution in [1.82, 2.24) is 5.32 Å². The third kappa shape index (κ3) is 4.84. The molecule has 1 aromatic carbocycles. The Kier molecular flexibility index (Phi) is 5.67. The highest BCUT2D eigenvalue weighted by Crippen LogP contribution is 2.16. The minimum absolute atomic E-state index is 0.705. The van der Waals surface area contributed by atoms with Crippen LogP contribution in [0.4, 0.5) is 5.69 Å². The fourth-order valence-corrected chi connectivity index (χ4v) is 2.33. The summed E-state index contributed by atoms with van der Waals surface area (Å²) < 4.78 is 5.49. The van der Waals surface area contributed by atoms with Crippen LogP contribution in [-0.2, 0) is 11.3 Å². The van der Waals surface area contributed by atoms with Gasteiger partial charge in [-0.3, -0.25) is 0 Å². The lowest BCUT2D eigenvalue weighted by Gasteiger charge is -2.22. The molecule has 0 saturated carbocycles. The van der Waals surface area contributed by atoms with Crippen molar-refractivity contribution in [1.29, 1.82) is 0 Å². The monoisotopic (exact) mass is 262 g/mol. The maximum Gasteiger partial charge on any atom is 0.0641 e. The van der Waals surface area contributed by atoms with Crippen molar-refractivity contribution in [3.63, 3.8) is 0 Å². The van der Waals surface area contributed by atoms with Gasteiger partial charge in [0.1, 0.15) is 0 Å². The van der Waals surface area contributed by atoms with Gasteiger partial charge in [-0.05, 0) is 36.6 Å². The first kappa shape index (κ1) is 14.4. The zero-order valence-electron chi connectivity index (χ0n) is 12.2. The fourth-order valence-electron chi connectivity index (χ4n) is 2.33. The fraction of sp³-hybridized carbons (Fsp3) is 0.625. The van der Waals surface area contributed by atoms with Crippen molar-refractivity contribution in [3.05, 3.63) is 29.8 Å². The molecule has 1 aliphatic heterocycles. The van der Waals surface area contributed by atoms with Gasteiger partial charge in [-0.15, -0.1) is 0 Å². The molecule has 1 aliphatic rings. The molecule has 2 rings (SSSR count). The van der Waals surface area contributed by atoms with E-state index in [1.54, 1.807) is 0 Å². The molecule has 1 aromatic rings. The number of nitrogens with one attached hydrogen (secondary N) is 1. The lowest BCUT2D eigenvalue weighted by Crippen LogP contribution is -2.25. The van der Waals surface area contributed by atoms with Gasteiger partial charge in [-0.25, -0.2) is 0 Å². The third-order valence-corrected chi connectivity index (χ3v) is 3.41. The van der Waals surface area contributed by atoms with Crippen LogP contribution in [-0.4, -0.2) is 32.8 Å². The summed E-state index contributed by atoms with van der Waals surface area (Å²) in [6.45, 7) is 10.4. The van der Waals surface area contributed by atoms with E-state index in [2.05, 4.69) is 48.3 Å². The van der Waals surface area contributed by atoms with Gasteiger partial charge in [0.15, 0.2) is 0 Å². The average Bonchev–Trinajstić information content (AvgIpc) is 2.68. The lowest BCUT2D eigenvalue weighted by molar-refractivity contribution is 0.152. The Hall–Kier alpha value is -1.06. The second kappa shape index (κ2) is 7.51. The molecule has 0 radical (unpaired) electrons. The molecule has 0 amide bonds. The molecule has 0 spiro atoms. The molecule has 1 saturated heterocycles. The topological polar surface area (TPSA) is 24.5 Å². The first-order valence-electron chi connectivity index (χ1n) is 7.38. The highest BCUT2D eigenvalue weighted by molar-refractivity contribution is 5.47. The van der Waals surface area contributed by atoms with Gasteiger partial charge in [-0.1, -0.05) is 26.0 Å². The van der Waals surface area contributed by atoms with Crippen LogP contribution in [0.3, 0.4) is 0 Å². The molecule has 0 bridgehead atoms. The minimum Gasteiger partial charge on any atom is -0.380 e. The molecule has 0 atom stereocenters. The van der Waals surface area contributed by atoms with Crippen molar-refractivity contribution in [3.8, 4) is 0 Å². The molecule has 1 N–H and O–H groups in total. The Balaban J connectivity index is 1.86. The number of benzene rings is 1. The van der Waals surface area contributed by atoms with Crippen molar-refractivity contribution >= 4 is 5.69 Å². The van der Waals surface area contributed by atoms with E-state index >= 15 is 0 Å². The van der Waals surface area contributed by atoms with Crippen LogP contribution in [0.5, 0.6) is 0 Å². The highest BCUT2D eigenvalue weighted by atomic mass is 16.5. The van der Waals surface area contributed by atoms with Crippen LogP contribution in [0.2, 0.25) is 0 Å². The summed E-state index contributed by atoms with van der Waals surface area (Å²) in [5.74, 6) is 0.705. The molecule has 106 valence electrons. The van der Waals surface area contributed by atoms with Gasteiger partial charge in [-0.2, -0.15) is 0 Å². The molecule has 1 heterocycles. The smallest absolute Gasteiger partial charge is 0.0641 e. The van der Waals surface area contributed by atoms with E-state index in [1.165, 1.54) is 11.3 Å². The van der Waals surface area contributed by atoms with Crippen LogP contribution in [0.15, 0.2) is 24.3 Å². The predicted octanol–water partition coefficient (Wildman–Crippen LogP) is 2.66. The zero-order chi connectivity index (χ0) is 13.5. The van der Waals surface area contributed by atoms with Crippen LogP contribution >= 0.6 is 0 Å². The molecule has 19 heavy (non-hydrogen) atoms. The van der Waals surface area contributed by atoms with Crippen molar-refractivity contribution < 1.29 is 4.74 Å². The SMILES string of the molecule is CC(C)CNCc1ccc(N2CCCOCC2)cc1. The van der Waals surface area contributed by atoms with Gasteiger partial charge >= 0.3 is 0 Å². The highest BCUT2D eigenvalue weighted by Gasteiger charge is 2.09. The number of nitrogens with zero attached hydrogens (tertiary/aromatic N) is 1. The van der Waals surface area contributed by atoms with Crippen LogP contribution < -0.4 is 10.2 Å². The molecular weight excluding hydrogens is 236 g/mol. The maximum atomic E-state index is 5.49. The number of hydrogen-bond donors (Lipinski definition) is 1. The van der Waals surface area contributed by atoms with E-state index in [-0.39, 0.29) is 0 Å². The van der Waals surface area contributed by atoms with E-state index < -0.39 is 0 Å². The summed E-state index contributed by atoms with van der Waals surface area (Å²) in [7, 11) is 0. The number of anilines is 1. The Bertz CT molecular complexity index is 354.